The number of carbonyl (C=O) groups is 1. The fourth-order valence-corrected chi connectivity index (χ4v) is 1.91. The van der Waals surface area contributed by atoms with E-state index < -0.39 is 0 Å². The van der Waals surface area contributed by atoms with E-state index in [4.69, 9.17) is 4.74 Å². The molecule has 2 N–H and O–H groups in total. The molecule has 0 spiro atoms. The van der Waals surface area contributed by atoms with E-state index >= 15 is 0 Å². The molecule has 1 aliphatic rings. The van der Waals surface area contributed by atoms with Crippen molar-refractivity contribution in [3.8, 4) is 5.75 Å². The van der Waals surface area contributed by atoms with Crippen molar-refractivity contribution in [3.05, 3.63) is 24.5 Å². The second kappa shape index (κ2) is 6.72. The summed E-state index contributed by atoms with van der Waals surface area (Å²) in [5.41, 5.74) is 0. The lowest BCUT2D eigenvalue weighted by Crippen LogP contribution is -2.33. The van der Waals surface area contributed by atoms with Crippen molar-refractivity contribution in [1.82, 2.24) is 15.3 Å². The quantitative estimate of drug-likeness (QED) is 0.813. The standard InChI is InChI=1S/C13H18N4O2/c1-19-11-8-14-12(15-9-11)17-13(18)16-7-10-5-3-2-4-6-10/h2-3,8-10H,4-7H2,1H3,(H2,14,15,16,17,18). The van der Waals surface area contributed by atoms with E-state index in [1.807, 2.05) is 0 Å². The van der Waals surface area contributed by atoms with Crippen LogP contribution in [0.15, 0.2) is 24.5 Å². The number of nitrogens with one attached hydrogen (secondary N) is 2. The second-order valence-corrected chi connectivity index (χ2v) is 4.43. The molecule has 6 nitrogen and oxygen atoms in total. The van der Waals surface area contributed by atoms with Gasteiger partial charge in [-0.05, 0) is 25.2 Å². The summed E-state index contributed by atoms with van der Waals surface area (Å²) in [5, 5.41) is 5.42. The van der Waals surface area contributed by atoms with Crippen LogP contribution in [-0.2, 0) is 0 Å². The normalized spacial score (nSPS) is 17.8. The van der Waals surface area contributed by atoms with Gasteiger partial charge in [-0.25, -0.2) is 14.8 Å². The number of methoxy groups -OCH3 is 1. The number of rotatable bonds is 4. The third-order valence-corrected chi connectivity index (χ3v) is 3.02. The van der Waals surface area contributed by atoms with E-state index in [0.29, 0.717) is 18.2 Å². The molecule has 1 atom stereocenters. The Morgan fingerprint density at radius 2 is 2.21 bits per heavy atom. The molecule has 1 aromatic heterocycles. The van der Waals surface area contributed by atoms with Crippen molar-refractivity contribution < 1.29 is 9.53 Å². The number of hydrogen-bond acceptors (Lipinski definition) is 4. The number of urea groups is 1. The van der Waals surface area contributed by atoms with Gasteiger partial charge in [-0.3, -0.25) is 5.32 Å². The zero-order valence-corrected chi connectivity index (χ0v) is 10.9. The zero-order valence-electron chi connectivity index (χ0n) is 10.9. The number of nitrogens with zero attached hydrogens (tertiary/aromatic N) is 2. The van der Waals surface area contributed by atoms with Crippen LogP contribution in [0, 0.1) is 5.92 Å². The molecule has 102 valence electrons. The van der Waals surface area contributed by atoms with Crippen molar-refractivity contribution in [2.45, 2.75) is 19.3 Å². The first-order valence-electron chi connectivity index (χ1n) is 6.34. The Balaban J connectivity index is 1.75. The first-order valence-corrected chi connectivity index (χ1v) is 6.34. The Morgan fingerprint density at radius 3 is 2.84 bits per heavy atom. The Kier molecular flexibility index (Phi) is 4.72. The van der Waals surface area contributed by atoms with Crippen molar-refractivity contribution in [2.24, 2.45) is 5.92 Å². The highest BCUT2D eigenvalue weighted by Crippen LogP contribution is 2.16. The van der Waals surface area contributed by atoms with E-state index in [2.05, 4.69) is 32.8 Å². The first-order chi connectivity index (χ1) is 9.28. The molecule has 19 heavy (non-hydrogen) atoms. The smallest absolute Gasteiger partial charge is 0.321 e. The van der Waals surface area contributed by atoms with Crippen LogP contribution < -0.4 is 15.4 Å². The van der Waals surface area contributed by atoms with Crippen LogP contribution in [0.25, 0.3) is 0 Å². The van der Waals surface area contributed by atoms with Gasteiger partial charge < -0.3 is 10.1 Å². The molecular formula is C13H18N4O2. The van der Waals surface area contributed by atoms with E-state index in [-0.39, 0.29) is 12.0 Å². The molecule has 0 saturated carbocycles. The van der Waals surface area contributed by atoms with Crippen LogP contribution in [-0.4, -0.2) is 29.7 Å². The average Bonchev–Trinajstić information content (AvgIpc) is 2.47. The Labute approximate surface area is 112 Å². The van der Waals surface area contributed by atoms with E-state index in [0.717, 1.165) is 19.3 Å². The molecule has 0 aromatic carbocycles. The van der Waals surface area contributed by atoms with Crippen LogP contribution in [0.4, 0.5) is 10.7 Å². The number of anilines is 1. The van der Waals surface area contributed by atoms with Crippen LogP contribution >= 0.6 is 0 Å². The Hall–Kier alpha value is -2.11. The van der Waals surface area contributed by atoms with E-state index in [1.165, 1.54) is 19.5 Å². The van der Waals surface area contributed by atoms with Gasteiger partial charge in [-0.15, -0.1) is 0 Å². The fraction of sp³-hybridized carbons (Fsp3) is 0.462. The van der Waals surface area contributed by atoms with Gasteiger partial charge in [0.2, 0.25) is 5.95 Å². The maximum Gasteiger partial charge on any atom is 0.321 e. The maximum atomic E-state index is 11.7. The average molecular weight is 262 g/mol. The molecule has 0 bridgehead atoms. The predicted molar refractivity (Wildman–Crippen MR) is 72.1 cm³/mol. The number of ether oxygens (including phenoxy) is 1. The molecule has 1 heterocycles. The summed E-state index contributed by atoms with van der Waals surface area (Å²) >= 11 is 0. The molecule has 6 heteroatoms. The van der Waals surface area contributed by atoms with E-state index in [9.17, 15) is 4.79 Å². The first kappa shape index (κ1) is 13.3. The van der Waals surface area contributed by atoms with Crippen LogP contribution in [0.2, 0.25) is 0 Å². The molecule has 0 radical (unpaired) electrons. The number of aromatic nitrogens is 2. The van der Waals surface area contributed by atoms with Gasteiger partial charge in [0, 0.05) is 6.54 Å². The molecule has 1 aromatic rings. The monoisotopic (exact) mass is 262 g/mol. The molecule has 0 fully saturated rings. The second-order valence-electron chi connectivity index (χ2n) is 4.43. The minimum atomic E-state index is -0.278. The number of hydrogen-bond donors (Lipinski definition) is 2. The minimum absolute atomic E-state index is 0.266. The fourth-order valence-electron chi connectivity index (χ4n) is 1.91. The van der Waals surface area contributed by atoms with Crippen molar-refractivity contribution in [2.75, 3.05) is 19.0 Å². The maximum absolute atomic E-state index is 11.7. The number of allylic oxidation sites excluding steroid dienone is 2. The molecule has 1 aliphatic carbocycles. The van der Waals surface area contributed by atoms with Crippen molar-refractivity contribution >= 4 is 12.0 Å². The van der Waals surface area contributed by atoms with Gasteiger partial charge in [0.1, 0.15) is 0 Å². The number of carbonyl (C=O) groups excluding carboxylic acids is 1. The molecule has 1 unspecified atom stereocenters. The minimum Gasteiger partial charge on any atom is -0.494 e. The largest absolute Gasteiger partial charge is 0.494 e. The molecule has 2 amide bonds. The molecular weight excluding hydrogens is 244 g/mol. The van der Waals surface area contributed by atoms with Gasteiger partial charge in [0.15, 0.2) is 5.75 Å². The summed E-state index contributed by atoms with van der Waals surface area (Å²) in [6.45, 7) is 0.673. The van der Waals surface area contributed by atoms with Crippen LogP contribution in [0.5, 0.6) is 5.75 Å². The third-order valence-electron chi connectivity index (χ3n) is 3.02. The van der Waals surface area contributed by atoms with E-state index in [1.54, 1.807) is 0 Å². The van der Waals surface area contributed by atoms with Crippen LogP contribution in [0.3, 0.4) is 0 Å². The van der Waals surface area contributed by atoms with Crippen molar-refractivity contribution in [1.29, 1.82) is 0 Å². The number of amides is 2. The predicted octanol–water partition coefficient (Wildman–Crippen LogP) is 1.96. The van der Waals surface area contributed by atoms with Gasteiger partial charge in [0.25, 0.3) is 0 Å². The SMILES string of the molecule is COc1cnc(NC(=O)NCC2CC=CCC2)nc1. The lowest BCUT2D eigenvalue weighted by molar-refractivity contribution is 0.249. The summed E-state index contributed by atoms with van der Waals surface area (Å²) in [5.74, 6) is 1.34. The highest BCUT2D eigenvalue weighted by molar-refractivity contribution is 5.87. The van der Waals surface area contributed by atoms with Gasteiger partial charge in [0.05, 0.1) is 19.5 Å². The van der Waals surface area contributed by atoms with Crippen LogP contribution in [0.1, 0.15) is 19.3 Å². The summed E-state index contributed by atoms with van der Waals surface area (Å²) in [4.78, 5) is 19.6. The summed E-state index contributed by atoms with van der Waals surface area (Å²) < 4.78 is 4.94. The topological polar surface area (TPSA) is 76.1 Å². The van der Waals surface area contributed by atoms with Crippen molar-refractivity contribution in [3.63, 3.8) is 0 Å². The highest BCUT2D eigenvalue weighted by atomic mass is 16.5. The summed E-state index contributed by atoms with van der Waals surface area (Å²) in [6.07, 6.45) is 10.6. The lowest BCUT2D eigenvalue weighted by atomic mass is 9.94. The van der Waals surface area contributed by atoms with Gasteiger partial charge in [-0.2, -0.15) is 0 Å². The Bertz CT molecular complexity index is 444. The molecule has 2 rings (SSSR count). The Morgan fingerprint density at radius 1 is 1.42 bits per heavy atom. The summed E-state index contributed by atoms with van der Waals surface area (Å²) in [6, 6.07) is -0.278. The molecule has 0 aliphatic heterocycles. The van der Waals surface area contributed by atoms with Gasteiger partial charge >= 0.3 is 6.03 Å². The highest BCUT2D eigenvalue weighted by Gasteiger charge is 2.11. The summed E-state index contributed by atoms with van der Waals surface area (Å²) in [7, 11) is 1.54. The molecule has 0 saturated heterocycles. The van der Waals surface area contributed by atoms with Gasteiger partial charge in [-0.1, -0.05) is 12.2 Å². The zero-order chi connectivity index (χ0) is 13.5. The third kappa shape index (κ3) is 4.24. The lowest BCUT2D eigenvalue weighted by Gasteiger charge is -2.18.